The van der Waals surface area contributed by atoms with Crippen LogP contribution in [-0.4, -0.2) is 32.8 Å². The van der Waals surface area contributed by atoms with Gasteiger partial charge < -0.3 is 10.4 Å². The Kier molecular flexibility index (Phi) is 2.91. The molecule has 3 amide bonds. The van der Waals surface area contributed by atoms with Crippen molar-refractivity contribution in [2.45, 2.75) is 12.0 Å². The van der Waals surface area contributed by atoms with Gasteiger partial charge in [0.05, 0.1) is 0 Å². The summed E-state index contributed by atoms with van der Waals surface area (Å²) in [5.74, 6) is -4.91. The van der Waals surface area contributed by atoms with E-state index in [2.05, 4.69) is 0 Å². The first kappa shape index (κ1) is 13.2. The van der Waals surface area contributed by atoms with Crippen molar-refractivity contribution in [3.63, 3.8) is 0 Å². The highest BCUT2D eigenvalue weighted by Crippen LogP contribution is 2.23. The molecule has 19 heavy (non-hydrogen) atoms. The molecule has 0 bridgehead atoms. The molecule has 2 unspecified atom stereocenters. The monoisotopic (exact) mass is 292 g/mol. The van der Waals surface area contributed by atoms with E-state index in [1.807, 2.05) is 0 Å². The molecule has 0 spiro atoms. The van der Waals surface area contributed by atoms with E-state index in [4.69, 9.17) is 11.6 Å². The molecule has 0 saturated carbocycles. The van der Waals surface area contributed by atoms with Gasteiger partial charge in [0.1, 0.15) is 5.02 Å². The minimum absolute atomic E-state index is 0.0795. The second-order valence-electron chi connectivity index (χ2n) is 3.61. The van der Waals surface area contributed by atoms with Crippen molar-refractivity contribution in [1.82, 2.24) is 20.2 Å². The van der Waals surface area contributed by atoms with Crippen molar-refractivity contribution in [2.75, 3.05) is 0 Å². The molecule has 1 aromatic heterocycles. The second-order valence-corrected chi connectivity index (χ2v) is 4.02. The van der Waals surface area contributed by atoms with Crippen LogP contribution in [0.25, 0.3) is 0 Å². The lowest BCUT2D eigenvalue weighted by atomic mass is 10.1. The van der Waals surface area contributed by atoms with E-state index in [-0.39, 0.29) is 4.57 Å². The number of aromatic amines is 1. The number of urea groups is 1. The minimum Gasteiger partial charge on any atom is -0.368 e. The third-order valence-electron chi connectivity index (χ3n) is 2.42. The lowest BCUT2D eigenvalue weighted by molar-refractivity contribution is -0.158. The zero-order valence-corrected chi connectivity index (χ0v) is 9.69. The number of hydrogen-bond donors (Lipinski definition) is 4. The van der Waals surface area contributed by atoms with Gasteiger partial charge in [0, 0.05) is 6.20 Å². The lowest BCUT2D eigenvalue weighted by Crippen LogP contribution is -2.69. The summed E-state index contributed by atoms with van der Waals surface area (Å²) in [6.45, 7) is 0. The fourth-order valence-corrected chi connectivity index (χ4v) is 1.65. The van der Waals surface area contributed by atoms with Crippen molar-refractivity contribution < 1.29 is 19.1 Å². The van der Waals surface area contributed by atoms with Gasteiger partial charge in [0.2, 0.25) is 0 Å². The standard InChI is InChI=1S/C8H6ClFN4O5/c9-2-1-14(7(19)11-3(2)15)8(10)4(16)12-6(18)13-5(8)17/h1,4,16H,(H,11,15,19)(H2,12,13,17,18). The number of nitrogens with zero attached hydrogens (tertiary/aromatic N) is 1. The smallest absolute Gasteiger partial charge is 0.331 e. The Bertz CT molecular complexity index is 684. The highest BCUT2D eigenvalue weighted by molar-refractivity contribution is 6.30. The van der Waals surface area contributed by atoms with Crippen LogP contribution in [0.5, 0.6) is 0 Å². The van der Waals surface area contributed by atoms with Crippen LogP contribution in [0.1, 0.15) is 0 Å². The Labute approximate surface area is 108 Å². The number of carbonyl (C=O) groups is 2. The molecule has 2 heterocycles. The number of rotatable bonds is 1. The number of halogens is 2. The molecule has 4 N–H and O–H groups in total. The number of carbonyl (C=O) groups excluding carboxylic acids is 2. The molecule has 0 aliphatic carbocycles. The maximum atomic E-state index is 14.5. The highest BCUT2D eigenvalue weighted by atomic mass is 35.5. The number of aromatic nitrogens is 2. The van der Waals surface area contributed by atoms with Crippen LogP contribution in [0.2, 0.25) is 5.02 Å². The second kappa shape index (κ2) is 4.17. The summed E-state index contributed by atoms with van der Waals surface area (Å²) in [7, 11) is 0. The molecule has 1 fully saturated rings. The largest absolute Gasteiger partial charge is 0.368 e. The Hall–Kier alpha value is -2.20. The van der Waals surface area contributed by atoms with Crippen molar-refractivity contribution >= 4 is 23.5 Å². The van der Waals surface area contributed by atoms with Gasteiger partial charge in [-0.05, 0) is 0 Å². The summed E-state index contributed by atoms with van der Waals surface area (Å²) in [5.41, 5.74) is -2.30. The Balaban J connectivity index is 2.65. The Morgan fingerprint density at radius 3 is 2.58 bits per heavy atom. The first-order valence-electron chi connectivity index (χ1n) is 4.77. The Morgan fingerprint density at radius 2 is 2.00 bits per heavy atom. The lowest BCUT2D eigenvalue weighted by Gasteiger charge is -2.34. The van der Waals surface area contributed by atoms with Gasteiger partial charge in [-0.3, -0.25) is 24.5 Å². The van der Waals surface area contributed by atoms with E-state index in [0.29, 0.717) is 6.20 Å². The molecule has 1 aliphatic rings. The number of aliphatic hydroxyl groups excluding tert-OH is 1. The summed E-state index contributed by atoms with van der Waals surface area (Å²) in [6.07, 6.45) is -1.78. The van der Waals surface area contributed by atoms with Gasteiger partial charge in [0.15, 0.2) is 6.23 Å². The molecule has 9 nitrogen and oxygen atoms in total. The molecule has 0 aromatic carbocycles. The SMILES string of the molecule is O=C1NC(=O)C(F)(n2cc(Cl)c(=O)[nH]c2=O)C(O)N1. The van der Waals surface area contributed by atoms with Crippen molar-refractivity contribution in [3.8, 4) is 0 Å². The first-order valence-corrected chi connectivity index (χ1v) is 5.15. The van der Waals surface area contributed by atoms with Crippen molar-refractivity contribution in [2.24, 2.45) is 0 Å². The van der Waals surface area contributed by atoms with E-state index in [1.54, 1.807) is 15.6 Å². The maximum absolute atomic E-state index is 14.5. The van der Waals surface area contributed by atoms with Gasteiger partial charge in [-0.15, -0.1) is 0 Å². The number of H-pyrrole nitrogens is 1. The number of aliphatic hydroxyl groups is 1. The third-order valence-corrected chi connectivity index (χ3v) is 2.69. The normalized spacial score (nSPS) is 26.8. The van der Waals surface area contributed by atoms with E-state index in [1.165, 1.54) is 0 Å². The number of amides is 3. The molecular weight excluding hydrogens is 287 g/mol. The average molecular weight is 293 g/mol. The third kappa shape index (κ3) is 1.90. The highest BCUT2D eigenvalue weighted by Gasteiger charge is 2.53. The van der Waals surface area contributed by atoms with Gasteiger partial charge in [0.25, 0.3) is 11.5 Å². The van der Waals surface area contributed by atoms with E-state index in [9.17, 15) is 28.7 Å². The van der Waals surface area contributed by atoms with Crippen molar-refractivity contribution in [3.05, 3.63) is 32.1 Å². The fraction of sp³-hybridized carbons (Fsp3) is 0.250. The summed E-state index contributed by atoms with van der Waals surface area (Å²) >= 11 is 5.42. The number of alkyl halides is 1. The zero-order chi connectivity index (χ0) is 14.4. The van der Waals surface area contributed by atoms with Gasteiger partial charge in [-0.2, -0.15) is 0 Å². The summed E-state index contributed by atoms with van der Waals surface area (Å²) in [5, 5.41) is 12.1. The molecule has 0 radical (unpaired) electrons. The van der Waals surface area contributed by atoms with Crippen LogP contribution >= 0.6 is 11.6 Å². The van der Waals surface area contributed by atoms with E-state index >= 15 is 0 Å². The minimum atomic E-state index is -3.33. The molecule has 1 aliphatic heterocycles. The zero-order valence-electron chi connectivity index (χ0n) is 8.94. The number of nitrogens with one attached hydrogen (secondary N) is 3. The van der Waals surface area contributed by atoms with Crippen molar-refractivity contribution in [1.29, 1.82) is 0 Å². The predicted octanol–water partition coefficient (Wildman–Crippen LogP) is -2.03. The number of hydrogen-bond acceptors (Lipinski definition) is 5. The number of imide groups is 1. The summed E-state index contributed by atoms with van der Waals surface area (Å²) in [6, 6.07) is -1.13. The first-order chi connectivity index (χ1) is 8.76. The van der Waals surface area contributed by atoms with Crippen LogP contribution in [0.15, 0.2) is 15.8 Å². The maximum Gasteiger partial charge on any atom is 0.331 e. The van der Waals surface area contributed by atoms with E-state index in [0.717, 1.165) is 0 Å². The molecule has 1 saturated heterocycles. The summed E-state index contributed by atoms with van der Waals surface area (Å²) < 4.78 is 14.6. The molecule has 102 valence electrons. The topological polar surface area (TPSA) is 133 Å². The molecule has 2 atom stereocenters. The fourth-order valence-electron chi connectivity index (χ4n) is 1.50. The summed E-state index contributed by atoms with van der Waals surface area (Å²) in [4.78, 5) is 46.5. The van der Waals surface area contributed by atoms with Crippen LogP contribution in [0, 0.1) is 0 Å². The van der Waals surface area contributed by atoms with Gasteiger partial charge in [-0.1, -0.05) is 11.6 Å². The Morgan fingerprint density at radius 1 is 1.37 bits per heavy atom. The average Bonchev–Trinajstić information content (AvgIpc) is 2.30. The van der Waals surface area contributed by atoms with Gasteiger partial charge in [-0.25, -0.2) is 14.0 Å². The molecular formula is C8H6ClFN4O5. The van der Waals surface area contributed by atoms with Crippen LogP contribution in [0.3, 0.4) is 0 Å². The molecule has 2 rings (SSSR count). The molecule has 1 aromatic rings. The van der Waals surface area contributed by atoms with E-state index < -0.39 is 40.2 Å². The predicted molar refractivity (Wildman–Crippen MR) is 58.1 cm³/mol. The van der Waals surface area contributed by atoms with Gasteiger partial charge >= 0.3 is 17.5 Å². The van der Waals surface area contributed by atoms with Crippen LogP contribution in [0.4, 0.5) is 9.18 Å². The van der Waals surface area contributed by atoms with Crippen LogP contribution < -0.4 is 21.9 Å². The quantitative estimate of drug-likeness (QED) is 0.474. The van der Waals surface area contributed by atoms with Crippen LogP contribution in [-0.2, 0) is 10.6 Å². The molecule has 11 heteroatoms.